The molecule has 1 amide bonds. The zero-order valence-electron chi connectivity index (χ0n) is 14.2. The number of amides is 1. The minimum atomic E-state index is -0.567. The van der Waals surface area contributed by atoms with Crippen LogP contribution in [0.4, 0.5) is 0 Å². The number of nitrogens with one attached hydrogen (secondary N) is 1. The Labute approximate surface area is 129 Å². The van der Waals surface area contributed by atoms with Crippen LogP contribution in [-0.4, -0.2) is 41.5 Å². The number of nitrogens with zero attached hydrogens (tertiary/aromatic N) is 1. The van der Waals surface area contributed by atoms with Gasteiger partial charge in [-0.15, -0.1) is 0 Å². The molecule has 0 bridgehead atoms. The Morgan fingerprint density at radius 3 is 2.62 bits per heavy atom. The fourth-order valence-corrected chi connectivity index (χ4v) is 3.51. The van der Waals surface area contributed by atoms with Crippen LogP contribution in [0.1, 0.15) is 66.2 Å². The van der Waals surface area contributed by atoms with Crippen molar-refractivity contribution in [3.05, 3.63) is 0 Å². The van der Waals surface area contributed by atoms with Gasteiger partial charge < -0.3 is 16.0 Å². The van der Waals surface area contributed by atoms with Gasteiger partial charge in [-0.2, -0.15) is 0 Å². The zero-order valence-corrected chi connectivity index (χ0v) is 14.2. The number of nitrogens with two attached hydrogens (primary N) is 1. The van der Waals surface area contributed by atoms with E-state index in [1.54, 1.807) is 0 Å². The number of primary amides is 1. The number of carbonyl (C=O) groups is 1. The third-order valence-corrected chi connectivity index (χ3v) is 5.35. The van der Waals surface area contributed by atoms with Crippen molar-refractivity contribution in [1.82, 2.24) is 10.2 Å². The molecular formula is C17H33N3O. The van der Waals surface area contributed by atoms with Crippen molar-refractivity contribution in [3.8, 4) is 0 Å². The maximum absolute atomic E-state index is 11.9. The van der Waals surface area contributed by atoms with Crippen molar-refractivity contribution in [1.29, 1.82) is 0 Å². The fourth-order valence-electron chi connectivity index (χ4n) is 3.51. The van der Waals surface area contributed by atoms with Crippen molar-refractivity contribution in [2.45, 2.75) is 83.8 Å². The van der Waals surface area contributed by atoms with E-state index in [0.717, 1.165) is 19.5 Å². The molecule has 1 heterocycles. The van der Waals surface area contributed by atoms with E-state index in [1.165, 1.54) is 32.1 Å². The molecule has 0 aromatic carbocycles. The smallest absolute Gasteiger partial charge is 0.237 e. The molecule has 122 valence electrons. The highest BCUT2D eigenvalue weighted by atomic mass is 16.1. The van der Waals surface area contributed by atoms with Crippen LogP contribution in [0.5, 0.6) is 0 Å². The lowest BCUT2D eigenvalue weighted by molar-refractivity contribution is -0.124. The molecule has 2 rings (SSSR count). The van der Waals surface area contributed by atoms with Gasteiger partial charge in [0.15, 0.2) is 0 Å². The van der Waals surface area contributed by atoms with Crippen LogP contribution in [0.25, 0.3) is 0 Å². The number of hydrogen-bond acceptors (Lipinski definition) is 3. The Hall–Kier alpha value is -0.610. The standard InChI is InChI=1S/C17H33N3O/c1-13(20-10-5-8-16(2,3)9-11-20)12-17(4,15(18)21)19-14-6-7-14/h13-14,19H,5-12H2,1-4H3,(H2,18,21). The Morgan fingerprint density at radius 2 is 2.05 bits per heavy atom. The van der Waals surface area contributed by atoms with E-state index in [2.05, 4.69) is 31.0 Å². The highest BCUT2D eigenvalue weighted by Crippen LogP contribution is 2.32. The molecule has 3 N–H and O–H groups in total. The summed E-state index contributed by atoms with van der Waals surface area (Å²) in [5, 5.41) is 3.47. The van der Waals surface area contributed by atoms with E-state index in [-0.39, 0.29) is 5.91 Å². The molecule has 2 unspecified atom stereocenters. The van der Waals surface area contributed by atoms with Crippen LogP contribution < -0.4 is 11.1 Å². The van der Waals surface area contributed by atoms with Gasteiger partial charge in [0, 0.05) is 12.1 Å². The number of hydrogen-bond donors (Lipinski definition) is 2. The van der Waals surface area contributed by atoms with Crippen LogP contribution in [0.3, 0.4) is 0 Å². The van der Waals surface area contributed by atoms with E-state index < -0.39 is 5.54 Å². The second-order valence-corrected chi connectivity index (χ2v) is 8.22. The van der Waals surface area contributed by atoms with Gasteiger partial charge in [0.1, 0.15) is 0 Å². The van der Waals surface area contributed by atoms with E-state index in [1.807, 2.05) is 6.92 Å². The summed E-state index contributed by atoms with van der Waals surface area (Å²) < 4.78 is 0. The number of carbonyl (C=O) groups excluding carboxylic acids is 1. The lowest BCUT2D eigenvalue weighted by Crippen LogP contribution is -2.57. The fraction of sp³-hybridized carbons (Fsp3) is 0.941. The largest absolute Gasteiger partial charge is 0.368 e. The third kappa shape index (κ3) is 4.68. The van der Waals surface area contributed by atoms with Gasteiger partial charge in [-0.25, -0.2) is 0 Å². The highest BCUT2D eigenvalue weighted by Gasteiger charge is 2.39. The van der Waals surface area contributed by atoms with Crippen molar-refractivity contribution < 1.29 is 4.79 Å². The van der Waals surface area contributed by atoms with Gasteiger partial charge in [-0.1, -0.05) is 13.8 Å². The SMILES string of the molecule is CC(CC(C)(NC1CC1)C(N)=O)N1CCCC(C)(C)CC1. The zero-order chi connectivity index (χ0) is 15.7. The molecule has 2 aliphatic rings. The molecule has 2 atom stereocenters. The minimum Gasteiger partial charge on any atom is -0.368 e. The Bertz CT molecular complexity index is 378. The van der Waals surface area contributed by atoms with Crippen LogP contribution in [-0.2, 0) is 4.79 Å². The maximum atomic E-state index is 11.9. The van der Waals surface area contributed by atoms with Crippen LogP contribution in [0, 0.1) is 5.41 Å². The molecule has 1 saturated heterocycles. The quantitative estimate of drug-likeness (QED) is 0.790. The summed E-state index contributed by atoms with van der Waals surface area (Å²) >= 11 is 0. The maximum Gasteiger partial charge on any atom is 0.237 e. The molecule has 1 aliphatic heterocycles. The number of rotatable bonds is 6. The summed E-state index contributed by atoms with van der Waals surface area (Å²) in [6.45, 7) is 11.2. The van der Waals surface area contributed by atoms with Gasteiger partial charge in [0.2, 0.25) is 5.91 Å². The normalized spacial score (nSPS) is 27.6. The molecule has 21 heavy (non-hydrogen) atoms. The summed E-state index contributed by atoms with van der Waals surface area (Å²) in [6, 6.07) is 0.889. The predicted octanol–water partition coefficient (Wildman–Crippen LogP) is 2.27. The topological polar surface area (TPSA) is 58.4 Å². The Morgan fingerprint density at radius 1 is 1.38 bits per heavy atom. The average molecular weight is 295 g/mol. The summed E-state index contributed by atoms with van der Waals surface area (Å²) in [5.41, 5.74) is 5.56. The monoisotopic (exact) mass is 295 g/mol. The summed E-state index contributed by atoms with van der Waals surface area (Å²) in [7, 11) is 0. The van der Waals surface area contributed by atoms with Gasteiger partial charge in [-0.05, 0) is 70.9 Å². The first-order valence-corrected chi connectivity index (χ1v) is 8.53. The molecule has 2 fully saturated rings. The second-order valence-electron chi connectivity index (χ2n) is 8.22. The van der Waals surface area contributed by atoms with Crippen molar-refractivity contribution in [2.75, 3.05) is 13.1 Å². The molecular weight excluding hydrogens is 262 g/mol. The van der Waals surface area contributed by atoms with Gasteiger partial charge >= 0.3 is 0 Å². The lowest BCUT2D eigenvalue weighted by atomic mass is 9.85. The van der Waals surface area contributed by atoms with Crippen molar-refractivity contribution >= 4 is 5.91 Å². The third-order valence-electron chi connectivity index (χ3n) is 5.35. The van der Waals surface area contributed by atoms with Crippen molar-refractivity contribution in [3.63, 3.8) is 0 Å². The van der Waals surface area contributed by atoms with Gasteiger partial charge in [0.25, 0.3) is 0 Å². The van der Waals surface area contributed by atoms with Crippen LogP contribution >= 0.6 is 0 Å². The van der Waals surface area contributed by atoms with Crippen molar-refractivity contribution in [2.24, 2.45) is 11.1 Å². The Balaban J connectivity index is 1.94. The van der Waals surface area contributed by atoms with E-state index in [4.69, 9.17) is 5.73 Å². The minimum absolute atomic E-state index is 0.212. The summed E-state index contributed by atoms with van der Waals surface area (Å²) in [4.78, 5) is 14.5. The first kappa shape index (κ1) is 16.8. The molecule has 0 aromatic rings. The summed E-state index contributed by atoms with van der Waals surface area (Å²) in [5.74, 6) is -0.212. The number of likely N-dealkylation sites (tertiary alicyclic amines) is 1. The molecule has 1 saturated carbocycles. The first-order chi connectivity index (χ1) is 9.72. The van der Waals surface area contributed by atoms with E-state index in [0.29, 0.717) is 17.5 Å². The molecule has 0 radical (unpaired) electrons. The molecule has 4 heteroatoms. The van der Waals surface area contributed by atoms with Crippen LogP contribution in [0.2, 0.25) is 0 Å². The predicted molar refractivity (Wildman–Crippen MR) is 87.0 cm³/mol. The second kappa shape index (κ2) is 6.25. The molecule has 1 aliphatic carbocycles. The van der Waals surface area contributed by atoms with Crippen LogP contribution in [0.15, 0.2) is 0 Å². The summed E-state index contributed by atoms with van der Waals surface area (Å²) in [6.07, 6.45) is 6.94. The molecule has 0 aromatic heterocycles. The molecule has 4 nitrogen and oxygen atoms in total. The Kier molecular flexibility index (Phi) is 4.99. The first-order valence-electron chi connectivity index (χ1n) is 8.53. The van der Waals surface area contributed by atoms with Gasteiger partial charge in [0.05, 0.1) is 5.54 Å². The highest BCUT2D eigenvalue weighted by molar-refractivity contribution is 5.84. The lowest BCUT2D eigenvalue weighted by Gasteiger charge is -2.36. The van der Waals surface area contributed by atoms with E-state index in [9.17, 15) is 4.79 Å². The van der Waals surface area contributed by atoms with Gasteiger partial charge in [-0.3, -0.25) is 4.79 Å². The van der Waals surface area contributed by atoms with E-state index >= 15 is 0 Å². The average Bonchev–Trinajstić information content (AvgIpc) is 3.16. The molecule has 0 spiro atoms.